The van der Waals surface area contributed by atoms with E-state index >= 15 is 0 Å². The van der Waals surface area contributed by atoms with Crippen LogP contribution in [0, 0.1) is 40.7 Å². The molecule has 8 heteroatoms. The zero-order valence-electron chi connectivity index (χ0n) is 13.7. The minimum absolute atomic E-state index is 0.0660. The highest BCUT2D eigenvalue weighted by Crippen LogP contribution is 2.52. The van der Waals surface area contributed by atoms with Gasteiger partial charge in [0.2, 0.25) is 11.8 Å². The van der Waals surface area contributed by atoms with Crippen LogP contribution in [0.4, 0.5) is 11.5 Å². The van der Waals surface area contributed by atoms with Crippen LogP contribution in [0.1, 0.15) is 12.0 Å². The van der Waals surface area contributed by atoms with Crippen molar-refractivity contribution in [2.24, 2.45) is 23.7 Å². The second-order valence-electron chi connectivity index (χ2n) is 6.87. The van der Waals surface area contributed by atoms with E-state index in [2.05, 4.69) is 22.5 Å². The van der Waals surface area contributed by atoms with Crippen LogP contribution in [0.5, 0.6) is 0 Å². The molecule has 0 unspecified atom stereocenters. The topological polar surface area (TPSA) is 105 Å². The van der Waals surface area contributed by atoms with Crippen molar-refractivity contribution in [1.82, 2.24) is 9.88 Å². The molecular weight excluding hydrogens is 324 g/mol. The number of nitrogens with zero attached hydrogens (tertiary/aromatic N) is 3. The summed E-state index contributed by atoms with van der Waals surface area (Å²) in [6.07, 6.45) is 6.26. The third kappa shape index (κ3) is 2.40. The van der Waals surface area contributed by atoms with E-state index in [1.165, 1.54) is 17.2 Å². The van der Waals surface area contributed by atoms with Gasteiger partial charge in [-0.3, -0.25) is 24.6 Å². The van der Waals surface area contributed by atoms with Crippen molar-refractivity contribution in [2.75, 3.05) is 18.4 Å². The zero-order chi connectivity index (χ0) is 17.7. The highest BCUT2D eigenvalue weighted by atomic mass is 16.6. The normalized spacial score (nSPS) is 29.4. The Labute approximate surface area is 144 Å². The fourth-order valence-electron chi connectivity index (χ4n) is 4.32. The molecule has 2 amide bonds. The van der Waals surface area contributed by atoms with E-state index in [0.717, 1.165) is 6.42 Å². The van der Waals surface area contributed by atoms with Gasteiger partial charge in [0.25, 0.3) is 5.69 Å². The molecular formula is C17H18N4O4. The van der Waals surface area contributed by atoms with Gasteiger partial charge in [0.15, 0.2) is 0 Å². The maximum Gasteiger partial charge on any atom is 0.287 e. The summed E-state index contributed by atoms with van der Waals surface area (Å²) < 4.78 is 0. The number of nitro groups is 1. The molecule has 8 nitrogen and oxygen atoms in total. The number of nitrogens with one attached hydrogen (secondary N) is 1. The number of likely N-dealkylation sites (tertiary alicyclic amines) is 1. The summed E-state index contributed by atoms with van der Waals surface area (Å²) in [5, 5.41) is 13.8. The number of rotatable bonds is 5. The van der Waals surface area contributed by atoms with E-state index in [9.17, 15) is 19.7 Å². The van der Waals surface area contributed by atoms with Crippen LogP contribution >= 0.6 is 0 Å². The van der Waals surface area contributed by atoms with E-state index in [1.54, 1.807) is 6.92 Å². The number of aromatic nitrogens is 1. The van der Waals surface area contributed by atoms with Gasteiger partial charge in [0.05, 0.1) is 16.8 Å². The standard InChI is InChI=1S/C17H18N4O4/c1-9-6-12(21(24)25)8-19-15(9)18-4-5-20-16(22)13-10-2-3-11(7-10)14(13)17(20)23/h2-3,6,8,10-11,13-14H,4-5,7H2,1H3,(H,18,19)/t10-,11-,13+,14+/m0/s1. The highest BCUT2D eigenvalue weighted by molar-refractivity contribution is 6.06. The second-order valence-corrected chi connectivity index (χ2v) is 6.87. The number of pyridine rings is 1. The van der Waals surface area contributed by atoms with Gasteiger partial charge in [-0.15, -0.1) is 0 Å². The first-order chi connectivity index (χ1) is 12.0. The minimum atomic E-state index is -0.494. The first kappa shape index (κ1) is 15.7. The number of allylic oxidation sites excluding steroid dienone is 2. The SMILES string of the molecule is Cc1cc([N+](=O)[O-])cnc1NCCN1C(=O)[C@H]2[C@H](C1=O)[C@H]1C=C[C@H]2C1. The smallest absolute Gasteiger partial charge is 0.287 e. The maximum absolute atomic E-state index is 12.6. The first-order valence-corrected chi connectivity index (χ1v) is 8.36. The molecule has 1 saturated heterocycles. The average molecular weight is 342 g/mol. The Kier molecular flexibility index (Phi) is 3.55. The van der Waals surface area contributed by atoms with Gasteiger partial charge in [0.1, 0.15) is 12.0 Å². The number of hydrogen-bond donors (Lipinski definition) is 1. The molecule has 4 rings (SSSR count). The molecule has 2 fully saturated rings. The summed E-state index contributed by atoms with van der Waals surface area (Å²) in [6, 6.07) is 1.44. The van der Waals surface area contributed by atoms with Crippen LogP contribution in [0.15, 0.2) is 24.4 Å². The van der Waals surface area contributed by atoms with Gasteiger partial charge in [-0.25, -0.2) is 4.98 Å². The van der Waals surface area contributed by atoms with Gasteiger partial charge in [-0.2, -0.15) is 0 Å². The summed E-state index contributed by atoms with van der Waals surface area (Å²) in [7, 11) is 0. The Morgan fingerprint density at radius 1 is 1.28 bits per heavy atom. The van der Waals surface area contributed by atoms with E-state index < -0.39 is 4.92 Å². The van der Waals surface area contributed by atoms with Gasteiger partial charge in [0, 0.05) is 19.2 Å². The van der Waals surface area contributed by atoms with Crippen molar-refractivity contribution < 1.29 is 14.5 Å². The Morgan fingerprint density at radius 2 is 1.92 bits per heavy atom. The molecule has 130 valence electrons. The van der Waals surface area contributed by atoms with Gasteiger partial charge >= 0.3 is 0 Å². The number of imide groups is 1. The zero-order valence-corrected chi connectivity index (χ0v) is 13.7. The van der Waals surface area contributed by atoms with Crippen molar-refractivity contribution in [3.05, 3.63) is 40.1 Å². The molecule has 25 heavy (non-hydrogen) atoms. The lowest BCUT2D eigenvalue weighted by Gasteiger charge is -2.18. The molecule has 1 aromatic rings. The van der Waals surface area contributed by atoms with Crippen LogP contribution in [-0.4, -0.2) is 39.7 Å². The lowest BCUT2D eigenvalue weighted by Crippen LogP contribution is -2.36. The lowest BCUT2D eigenvalue weighted by molar-refractivity contribution is -0.385. The predicted molar refractivity (Wildman–Crippen MR) is 88.6 cm³/mol. The van der Waals surface area contributed by atoms with Gasteiger partial charge in [-0.1, -0.05) is 12.2 Å². The molecule has 1 N–H and O–H groups in total. The number of anilines is 1. The van der Waals surface area contributed by atoms with Crippen molar-refractivity contribution in [3.63, 3.8) is 0 Å². The van der Waals surface area contributed by atoms with Crippen LogP contribution in [0.3, 0.4) is 0 Å². The highest BCUT2D eigenvalue weighted by Gasteiger charge is 2.58. The van der Waals surface area contributed by atoms with Crippen molar-refractivity contribution >= 4 is 23.3 Å². The third-order valence-corrected chi connectivity index (χ3v) is 5.46. The number of amides is 2. The summed E-state index contributed by atoms with van der Waals surface area (Å²) >= 11 is 0. The number of carbonyl (C=O) groups excluding carboxylic acids is 2. The molecule has 0 radical (unpaired) electrons. The predicted octanol–water partition coefficient (Wildman–Crippen LogP) is 1.52. The molecule has 2 aliphatic carbocycles. The van der Waals surface area contributed by atoms with E-state index in [-0.39, 0.29) is 47.7 Å². The van der Waals surface area contributed by atoms with E-state index in [0.29, 0.717) is 17.9 Å². The van der Waals surface area contributed by atoms with Crippen molar-refractivity contribution in [2.45, 2.75) is 13.3 Å². The largest absolute Gasteiger partial charge is 0.368 e. The summed E-state index contributed by atoms with van der Waals surface area (Å²) in [6.45, 7) is 2.37. The van der Waals surface area contributed by atoms with Gasteiger partial charge in [-0.05, 0) is 30.7 Å². The first-order valence-electron chi connectivity index (χ1n) is 8.36. The van der Waals surface area contributed by atoms with Crippen LogP contribution in [0.25, 0.3) is 0 Å². The van der Waals surface area contributed by atoms with Gasteiger partial charge < -0.3 is 5.32 Å². The summed E-state index contributed by atoms with van der Waals surface area (Å²) in [5.41, 5.74) is 0.580. The molecule has 2 heterocycles. The lowest BCUT2D eigenvalue weighted by atomic mass is 9.85. The molecule has 0 aromatic carbocycles. The maximum atomic E-state index is 12.6. The Hall–Kier alpha value is -2.77. The molecule has 4 atom stereocenters. The fourth-order valence-corrected chi connectivity index (χ4v) is 4.32. The molecule has 0 spiro atoms. The molecule has 3 aliphatic rings. The fraction of sp³-hybridized carbons (Fsp3) is 0.471. The third-order valence-electron chi connectivity index (χ3n) is 5.46. The number of hydrogen-bond acceptors (Lipinski definition) is 6. The molecule has 2 bridgehead atoms. The quantitative estimate of drug-likeness (QED) is 0.376. The van der Waals surface area contributed by atoms with Crippen LogP contribution < -0.4 is 5.32 Å². The Morgan fingerprint density at radius 3 is 2.48 bits per heavy atom. The Bertz CT molecular complexity index is 776. The molecule has 1 aromatic heterocycles. The number of aryl methyl sites for hydroxylation is 1. The average Bonchev–Trinajstić information content (AvgIpc) is 3.25. The summed E-state index contributed by atoms with van der Waals surface area (Å²) in [5.74, 6) is 0.449. The minimum Gasteiger partial charge on any atom is -0.368 e. The molecule has 1 saturated carbocycles. The van der Waals surface area contributed by atoms with Crippen molar-refractivity contribution in [3.8, 4) is 0 Å². The number of carbonyl (C=O) groups is 2. The molecule has 1 aliphatic heterocycles. The second kappa shape index (κ2) is 5.65. The Balaban J connectivity index is 1.39. The summed E-state index contributed by atoms with van der Waals surface area (Å²) in [4.78, 5) is 40.8. The van der Waals surface area contributed by atoms with Crippen molar-refractivity contribution in [1.29, 1.82) is 0 Å². The monoisotopic (exact) mass is 342 g/mol. The number of fused-ring (bicyclic) bond motifs is 5. The van der Waals surface area contributed by atoms with Crippen LogP contribution in [-0.2, 0) is 9.59 Å². The van der Waals surface area contributed by atoms with E-state index in [4.69, 9.17) is 0 Å². The van der Waals surface area contributed by atoms with Crippen LogP contribution in [0.2, 0.25) is 0 Å². The van der Waals surface area contributed by atoms with E-state index in [1.807, 2.05) is 0 Å².